The number of methoxy groups -OCH3 is 1. The molecular weight excluding hydrogens is 329 g/mol. The van der Waals surface area contributed by atoms with Gasteiger partial charge in [-0.3, -0.25) is 0 Å². The van der Waals surface area contributed by atoms with Gasteiger partial charge in [-0.05, 0) is 30.3 Å². The number of hydrogen-bond donors (Lipinski definition) is 0. The van der Waals surface area contributed by atoms with Crippen LogP contribution < -0.4 is 4.74 Å². The lowest BCUT2D eigenvalue weighted by atomic mass is 10.00. The summed E-state index contributed by atoms with van der Waals surface area (Å²) >= 11 is 5.93. The number of ether oxygens (including phenoxy) is 1. The van der Waals surface area contributed by atoms with Gasteiger partial charge in [-0.25, -0.2) is 0 Å². The Kier molecular flexibility index (Phi) is 3.85. The second kappa shape index (κ2) is 5.70. The SMILES string of the molecule is COc1cc(C(F)(F)F)ccc1-c1cnnc2cc(Cl)ccc12. The molecule has 0 spiro atoms. The van der Waals surface area contributed by atoms with Crippen LogP contribution in [0.1, 0.15) is 5.56 Å². The van der Waals surface area contributed by atoms with Crippen molar-refractivity contribution < 1.29 is 17.9 Å². The number of halogens is 4. The third kappa shape index (κ3) is 2.94. The highest BCUT2D eigenvalue weighted by atomic mass is 35.5. The first kappa shape index (κ1) is 15.6. The number of fused-ring (bicyclic) bond motifs is 1. The fourth-order valence-electron chi connectivity index (χ4n) is 2.34. The van der Waals surface area contributed by atoms with Crippen LogP contribution in [-0.2, 0) is 6.18 Å². The van der Waals surface area contributed by atoms with Crippen molar-refractivity contribution in [1.82, 2.24) is 10.2 Å². The van der Waals surface area contributed by atoms with Crippen LogP contribution in [-0.4, -0.2) is 17.3 Å². The number of benzene rings is 2. The zero-order chi connectivity index (χ0) is 16.6. The van der Waals surface area contributed by atoms with Crippen LogP contribution in [0.4, 0.5) is 13.2 Å². The Labute approximate surface area is 134 Å². The molecule has 3 aromatic rings. The first-order valence-corrected chi connectivity index (χ1v) is 6.94. The van der Waals surface area contributed by atoms with Crippen LogP contribution in [0.3, 0.4) is 0 Å². The minimum Gasteiger partial charge on any atom is -0.496 e. The molecule has 0 amide bonds. The average molecular weight is 339 g/mol. The van der Waals surface area contributed by atoms with E-state index in [2.05, 4.69) is 10.2 Å². The third-order valence-corrected chi connectivity index (χ3v) is 3.66. The molecule has 0 N–H and O–H groups in total. The predicted octanol–water partition coefficient (Wildman–Crippen LogP) is 4.98. The van der Waals surface area contributed by atoms with E-state index in [9.17, 15) is 13.2 Å². The van der Waals surface area contributed by atoms with E-state index >= 15 is 0 Å². The molecule has 2 aromatic carbocycles. The molecule has 0 saturated carbocycles. The number of rotatable bonds is 2. The molecule has 23 heavy (non-hydrogen) atoms. The lowest BCUT2D eigenvalue weighted by Crippen LogP contribution is -2.05. The largest absolute Gasteiger partial charge is 0.496 e. The molecule has 0 atom stereocenters. The average Bonchev–Trinajstić information content (AvgIpc) is 2.52. The van der Waals surface area contributed by atoms with Gasteiger partial charge in [0, 0.05) is 21.5 Å². The van der Waals surface area contributed by atoms with E-state index in [1.165, 1.54) is 19.4 Å². The summed E-state index contributed by atoms with van der Waals surface area (Å²) in [6.07, 6.45) is -2.95. The van der Waals surface area contributed by atoms with Crippen molar-refractivity contribution in [3.63, 3.8) is 0 Å². The predicted molar refractivity (Wildman–Crippen MR) is 81.5 cm³/mol. The van der Waals surface area contributed by atoms with Crippen LogP contribution in [0.5, 0.6) is 5.75 Å². The maximum Gasteiger partial charge on any atom is 0.416 e. The van der Waals surface area contributed by atoms with Crippen LogP contribution in [0.2, 0.25) is 5.02 Å². The fraction of sp³-hybridized carbons (Fsp3) is 0.125. The molecular formula is C16H10ClF3N2O. The van der Waals surface area contributed by atoms with E-state index in [1.54, 1.807) is 18.2 Å². The highest BCUT2D eigenvalue weighted by Gasteiger charge is 2.31. The van der Waals surface area contributed by atoms with Gasteiger partial charge in [0.1, 0.15) is 5.75 Å². The van der Waals surface area contributed by atoms with Gasteiger partial charge in [0.15, 0.2) is 0 Å². The minimum atomic E-state index is -4.43. The molecule has 0 fully saturated rings. The quantitative estimate of drug-likeness (QED) is 0.661. The Hall–Kier alpha value is -2.34. The van der Waals surface area contributed by atoms with Crippen LogP contribution in [0, 0.1) is 0 Å². The number of aromatic nitrogens is 2. The van der Waals surface area contributed by atoms with Crippen molar-refractivity contribution >= 4 is 22.5 Å². The van der Waals surface area contributed by atoms with E-state index in [4.69, 9.17) is 16.3 Å². The number of alkyl halides is 3. The maximum absolute atomic E-state index is 12.8. The summed E-state index contributed by atoms with van der Waals surface area (Å²) in [5, 5.41) is 9.10. The summed E-state index contributed by atoms with van der Waals surface area (Å²) in [5.41, 5.74) is 0.907. The lowest BCUT2D eigenvalue weighted by molar-refractivity contribution is -0.137. The standard InChI is InChI=1S/C16H10ClF3N2O/c1-23-15-6-9(16(18,19)20)2-4-12(15)13-8-21-22-14-7-10(17)3-5-11(13)14/h2-8H,1H3. The van der Waals surface area contributed by atoms with Gasteiger partial charge >= 0.3 is 6.18 Å². The highest BCUT2D eigenvalue weighted by Crippen LogP contribution is 2.39. The molecule has 0 aliphatic carbocycles. The molecule has 0 aliphatic rings. The summed E-state index contributed by atoms with van der Waals surface area (Å²) in [4.78, 5) is 0. The molecule has 0 radical (unpaired) electrons. The maximum atomic E-state index is 12.8. The molecule has 1 aromatic heterocycles. The van der Waals surface area contributed by atoms with Crippen molar-refractivity contribution in [2.24, 2.45) is 0 Å². The molecule has 7 heteroatoms. The van der Waals surface area contributed by atoms with Crippen molar-refractivity contribution in [2.75, 3.05) is 7.11 Å². The Morgan fingerprint density at radius 2 is 1.83 bits per heavy atom. The van der Waals surface area contributed by atoms with Crippen molar-refractivity contribution in [3.8, 4) is 16.9 Å². The van der Waals surface area contributed by atoms with Gasteiger partial charge in [-0.15, -0.1) is 0 Å². The smallest absolute Gasteiger partial charge is 0.416 e. The molecule has 3 nitrogen and oxygen atoms in total. The number of hydrogen-bond acceptors (Lipinski definition) is 3. The van der Waals surface area contributed by atoms with Crippen molar-refractivity contribution in [1.29, 1.82) is 0 Å². The third-order valence-electron chi connectivity index (χ3n) is 3.42. The Morgan fingerprint density at radius 1 is 1.04 bits per heavy atom. The summed E-state index contributed by atoms with van der Waals surface area (Å²) in [5.74, 6) is 0.115. The van der Waals surface area contributed by atoms with E-state index in [0.29, 0.717) is 21.7 Å². The Morgan fingerprint density at radius 3 is 2.52 bits per heavy atom. The van der Waals surface area contributed by atoms with Gasteiger partial charge in [0.05, 0.1) is 24.4 Å². The Balaban J connectivity index is 2.23. The molecule has 0 unspecified atom stereocenters. The van der Waals surface area contributed by atoms with E-state index in [0.717, 1.165) is 17.5 Å². The van der Waals surface area contributed by atoms with E-state index in [-0.39, 0.29) is 5.75 Å². The minimum absolute atomic E-state index is 0.115. The fourth-order valence-corrected chi connectivity index (χ4v) is 2.50. The van der Waals surface area contributed by atoms with Crippen molar-refractivity contribution in [3.05, 3.63) is 53.2 Å². The second-order valence-corrected chi connectivity index (χ2v) is 5.27. The topological polar surface area (TPSA) is 35.0 Å². The summed E-state index contributed by atoms with van der Waals surface area (Å²) in [6, 6.07) is 8.43. The normalized spacial score (nSPS) is 11.7. The summed E-state index contributed by atoms with van der Waals surface area (Å²) in [7, 11) is 1.33. The van der Waals surface area contributed by atoms with Crippen molar-refractivity contribution in [2.45, 2.75) is 6.18 Å². The number of nitrogens with zero attached hydrogens (tertiary/aromatic N) is 2. The second-order valence-electron chi connectivity index (χ2n) is 4.83. The highest BCUT2D eigenvalue weighted by molar-refractivity contribution is 6.31. The zero-order valence-corrected chi connectivity index (χ0v) is 12.6. The monoisotopic (exact) mass is 338 g/mol. The van der Waals surface area contributed by atoms with Gasteiger partial charge in [0.2, 0.25) is 0 Å². The molecule has 3 rings (SSSR count). The van der Waals surface area contributed by atoms with Gasteiger partial charge in [0.25, 0.3) is 0 Å². The van der Waals surface area contributed by atoms with Gasteiger partial charge in [-0.1, -0.05) is 17.7 Å². The molecule has 0 aliphatic heterocycles. The van der Waals surface area contributed by atoms with Crippen LogP contribution >= 0.6 is 11.6 Å². The first-order valence-electron chi connectivity index (χ1n) is 6.56. The van der Waals surface area contributed by atoms with Gasteiger partial charge < -0.3 is 4.74 Å². The van der Waals surface area contributed by atoms with E-state index in [1.807, 2.05) is 0 Å². The van der Waals surface area contributed by atoms with E-state index < -0.39 is 11.7 Å². The lowest BCUT2D eigenvalue weighted by Gasteiger charge is -2.13. The summed E-state index contributed by atoms with van der Waals surface area (Å²) < 4.78 is 43.7. The van der Waals surface area contributed by atoms with Crippen LogP contribution in [0.25, 0.3) is 22.0 Å². The Bertz CT molecular complexity index is 881. The van der Waals surface area contributed by atoms with Gasteiger partial charge in [-0.2, -0.15) is 23.4 Å². The summed E-state index contributed by atoms with van der Waals surface area (Å²) in [6.45, 7) is 0. The van der Waals surface area contributed by atoms with Crippen LogP contribution in [0.15, 0.2) is 42.6 Å². The zero-order valence-electron chi connectivity index (χ0n) is 11.9. The molecule has 118 valence electrons. The first-order chi connectivity index (χ1) is 10.9. The molecule has 0 saturated heterocycles. The molecule has 0 bridgehead atoms. The molecule has 1 heterocycles.